The van der Waals surface area contributed by atoms with Crippen LogP contribution in [-0.2, 0) is 32.7 Å². The summed E-state index contributed by atoms with van der Waals surface area (Å²) in [6, 6.07) is 0. The highest BCUT2D eigenvalue weighted by Crippen LogP contribution is 2.43. The van der Waals surface area contributed by atoms with Crippen molar-refractivity contribution < 1.29 is 37.6 Å². The molecule has 0 saturated heterocycles. The number of ether oxygens (including phenoxy) is 2. The van der Waals surface area contributed by atoms with Gasteiger partial charge < -0.3 is 20.1 Å². The molecular formula is C85H148NO8P. The lowest BCUT2D eigenvalue weighted by Crippen LogP contribution is -2.29. The van der Waals surface area contributed by atoms with E-state index in [2.05, 4.69) is 148 Å². The maximum atomic E-state index is 12.8. The van der Waals surface area contributed by atoms with Crippen molar-refractivity contribution in [3.8, 4) is 0 Å². The molecule has 0 rings (SSSR count). The summed E-state index contributed by atoms with van der Waals surface area (Å²) in [5, 5.41) is 0. The van der Waals surface area contributed by atoms with E-state index in [4.69, 9.17) is 24.3 Å². The highest BCUT2D eigenvalue weighted by Gasteiger charge is 2.26. The molecule has 0 aliphatic carbocycles. The van der Waals surface area contributed by atoms with Gasteiger partial charge in [-0.1, -0.05) is 366 Å². The molecule has 2 atom stereocenters. The summed E-state index contributed by atoms with van der Waals surface area (Å²) in [5.41, 5.74) is 5.41. The van der Waals surface area contributed by atoms with Crippen LogP contribution < -0.4 is 5.73 Å². The van der Waals surface area contributed by atoms with Gasteiger partial charge in [0, 0.05) is 19.4 Å². The van der Waals surface area contributed by atoms with Crippen LogP contribution in [0.5, 0.6) is 0 Å². The van der Waals surface area contributed by atoms with Crippen LogP contribution >= 0.6 is 7.82 Å². The lowest BCUT2D eigenvalue weighted by Gasteiger charge is -2.19. The molecule has 0 aliphatic rings. The topological polar surface area (TPSA) is 134 Å². The van der Waals surface area contributed by atoms with Gasteiger partial charge in [-0.3, -0.25) is 18.6 Å². The van der Waals surface area contributed by atoms with E-state index < -0.39 is 26.5 Å². The first-order valence-electron chi connectivity index (χ1n) is 39.7. The van der Waals surface area contributed by atoms with E-state index in [9.17, 15) is 19.0 Å². The molecule has 95 heavy (non-hydrogen) atoms. The molecule has 0 saturated carbocycles. The Morgan fingerprint density at radius 3 is 0.863 bits per heavy atom. The molecular weight excluding hydrogens is 1190 g/mol. The number of carbonyl (C=O) groups excluding carboxylic acids is 2. The van der Waals surface area contributed by atoms with Gasteiger partial charge in [0.1, 0.15) is 6.61 Å². The average molecular weight is 1340 g/mol. The van der Waals surface area contributed by atoms with Crippen molar-refractivity contribution in [3.63, 3.8) is 0 Å². The zero-order valence-electron chi connectivity index (χ0n) is 61.6. The number of hydrogen-bond donors (Lipinski definition) is 2. The zero-order chi connectivity index (χ0) is 68.6. The fourth-order valence-corrected chi connectivity index (χ4v) is 12.0. The summed E-state index contributed by atoms with van der Waals surface area (Å²) < 4.78 is 33.3. The van der Waals surface area contributed by atoms with Crippen LogP contribution in [0.2, 0.25) is 0 Å². The van der Waals surface area contributed by atoms with Gasteiger partial charge in [0.2, 0.25) is 0 Å². The zero-order valence-corrected chi connectivity index (χ0v) is 62.5. The van der Waals surface area contributed by atoms with Gasteiger partial charge in [0.05, 0.1) is 13.2 Å². The van der Waals surface area contributed by atoms with E-state index in [1.807, 2.05) is 0 Å². The van der Waals surface area contributed by atoms with Crippen molar-refractivity contribution >= 4 is 19.8 Å². The Hall–Kier alpha value is -3.85. The minimum absolute atomic E-state index is 0.0496. The van der Waals surface area contributed by atoms with E-state index >= 15 is 0 Å². The van der Waals surface area contributed by atoms with Crippen molar-refractivity contribution in [1.82, 2.24) is 0 Å². The van der Waals surface area contributed by atoms with E-state index in [1.165, 1.54) is 225 Å². The number of carbonyl (C=O) groups is 2. The second-order valence-electron chi connectivity index (χ2n) is 26.2. The first-order valence-corrected chi connectivity index (χ1v) is 41.2. The average Bonchev–Trinajstić information content (AvgIpc) is 2.64. The van der Waals surface area contributed by atoms with Gasteiger partial charge in [-0.05, 0) is 116 Å². The number of rotatable bonds is 74. The third kappa shape index (κ3) is 79.0. The molecule has 0 aliphatic heterocycles. The molecule has 3 N–H and O–H groups in total. The summed E-state index contributed by atoms with van der Waals surface area (Å²) in [6.45, 7) is 3.65. The van der Waals surface area contributed by atoms with Gasteiger partial charge in [-0.2, -0.15) is 0 Å². The van der Waals surface area contributed by atoms with Gasteiger partial charge >= 0.3 is 19.8 Å². The Labute approximate surface area is 586 Å². The number of phosphoric ester groups is 1. The smallest absolute Gasteiger partial charge is 0.462 e. The van der Waals surface area contributed by atoms with Crippen LogP contribution in [0.3, 0.4) is 0 Å². The molecule has 0 fully saturated rings. The van der Waals surface area contributed by atoms with Crippen LogP contribution in [0.15, 0.2) is 134 Å². The van der Waals surface area contributed by atoms with Crippen molar-refractivity contribution in [2.24, 2.45) is 5.73 Å². The largest absolute Gasteiger partial charge is 0.472 e. The van der Waals surface area contributed by atoms with Crippen LogP contribution in [0, 0.1) is 0 Å². The second-order valence-corrected chi connectivity index (χ2v) is 27.7. The maximum absolute atomic E-state index is 12.8. The van der Waals surface area contributed by atoms with Crippen molar-refractivity contribution in [1.29, 1.82) is 0 Å². The quantitative estimate of drug-likeness (QED) is 0.0264. The molecule has 0 bridgehead atoms. The Kier molecular flexibility index (Phi) is 75.9. The highest BCUT2D eigenvalue weighted by atomic mass is 31.2. The lowest BCUT2D eigenvalue weighted by atomic mass is 10.0. The van der Waals surface area contributed by atoms with Gasteiger partial charge in [0.25, 0.3) is 0 Å². The molecule has 0 aromatic carbocycles. The van der Waals surface area contributed by atoms with Crippen molar-refractivity contribution in [2.45, 2.75) is 367 Å². The Morgan fingerprint density at radius 2 is 0.579 bits per heavy atom. The van der Waals surface area contributed by atoms with Gasteiger partial charge in [0.15, 0.2) is 6.10 Å². The van der Waals surface area contributed by atoms with Crippen LogP contribution in [0.1, 0.15) is 361 Å². The van der Waals surface area contributed by atoms with E-state index in [0.29, 0.717) is 6.42 Å². The van der Waals surface area contributed by atoms with Gasteiger partial charge in [-0.25, -0.2) is 4.57 Å². The second kappa shape index (κ2) is 79.1. The molecule has 0 heterocycles. The fraction of sp³-hybridized carbons (Fsp3) is 0.718. The molecule has 0 spiro atoms. The first-order chi connectivity index (χ1) is 46.8. The number of allylic oxidation sites excluding steroid dienone is 22. The monoisotopic (exact) mass is 1340 g/mol. The third-order valence-electron chi connectivity index (χ3n) is 17.0. The molecule has 10 heteroatoms. The van der Waals surface area contributed by atoms with Crippen LogP contribution in [0.4, 0.5) is 0 Å². The minimum Gasteiger partial charge on any atom is -0.462 e. The number of unbranched alkanes of at least 4 members (excludes halogenated alkanes) is 39. The molecule has 0 radical (unpaired) electrons. The van der Waals surface area contributed by atoms with Crippen LogP contribution in [-0.4, -0.2) is 49.3 Å². The molecule has 9 nitrogen and oxygen atoms in total. The lowest BCUT2D eigenvalue weighted by molar-refractivity contribution is -0.161. The first kappa shape index (κ1) is 91.2. The van der Waals surface area contributed by atoms with Crippen molar-refractivity contribution in [2.75, 3.05) is 26.4 Å². The maximum Gasteiger partial charge on any atom is 0.472 e. The number of hydrogen-bond acceptors (Lipinski definition) is 8. The number of esters is 2. The molecule has 0 aromatic rings. The Bertz CT molecular complexity index is 2030. The predicted octanol–water partition coefficient (Wildman–Crippen LogP) is 26.8. The predicted molar refractivity (Wildman–Crippen MR) is 413 cm³/mol. The van der Waals surface area contributed by atoms with E-state index in [0.717, 1.165) is 103 Å². The SMILES string of the molecule is CC/C=C\C/C=C\C/C=C\C/C=C\C/C=C\C/C=C\C/C=C\C/C=C\CCCCCCCCCCCCCCC(=O)OC(COC(=O)CCCCCCCCCCCCCCCCCCCCCCCC/C=C\C/C=C\C/C=C\CCCCCCC)COP(=O)(O)OCCN. The summed E-state index contributed by atoms with van der Waals surface area (Å²) in [7, 11) is -4.40. The molecule has 0 aromatic heterocycles. The standard InChI is InChI=1S/C85H148NO8P/c1-3-5-7-9-11-13-15-17-19-21-23-25-27-29-31-33-35-37-39-41-43-45-47-49-51-53-55-57-59-61-63-65-67-69-71-73-75-77-84(87)91-81-83(82-93-95(89,90)92-80-79-86)94-85(88)78-76-74-72-70-68-66-64-62-60-58-56-54-52-50-48-46-44-42-40-38-36-34-32-30-28-26-24-22-20-18-16-14-12-10-8-6-4-2/h6,8,12,14-15,17-18,20-21,23-24,26-27,29-30,32,36,38,42,44,48,50,83H,3-5,7,9-11,13,16,19,22,25,28,31,33-35,37,39-41,43,45-47,49,51-82,86H2,1-2H3,(H,89,90)/b8-6-,14-12-,17-15-,20-18-,23-21-,26-24-,29-27-,32-30-,38-36-,44-42-,50-48-. The Morgan fingerprint density at radius 1 is 0.326 bits per heavy atom. The highest BCUT2D eigenvalue weighted by molar-refractivity contribution is 7.47. The molecule has 2 unspecified atom stereocenters. The van der Waals surface area contributed by atoms with E-state index in [-0.39, 0.29) is 38.6 Å². The van der Waals surface area contributed by atoms with Crippen molar-refractivity contribution in [3.05, 3.63) is 134 Å². The third-order valence-corrected chi connectivity index (χ3v) is 18.0. The summed E-state index contributed by atoms with van der Waals surface area (Å²) in [4.78, 5) is 35.5. The molecule has 0 amide bonds. The number of phosphoric acid groups is 1. The van der Waals surface area contributed by atoms with E-state index in [1.54, 1.807) is 0 Å². The van der Waals surface area contributed by atoms with Gasteiger partial charge in [-0.15, -0.1) is 0 Å². The fourth-order valence-electron chi connectivity index (χ4n) is 11.2. The summed E-state index contributed by atoms with van der Waals surface area (Å²) >= 11 is 0. The normalized spacial score (nSPS) is 13.6. The Balaban J connectivity index is 3.84. The van der Waals surface area contributed by atoms with Crippen LogP contribution in [0.25, 0.3) is 0 Å². The summed E-state index contributed by atoms with van der Waals surface area (Å²) in [6.07, 6.45) is 113. The molecule has 546 valence electrons. The summed E-state index contributed by atoms with van der Waals surface area (Å²) in [5.74, 6) is -0.821. The number of nitrogens with two attached hydrogens (primary N) is 1. The minimum atomic E-state index is -4.40.